The van der Waals surface area contributed by atoms with Crippen molar-refractivity contribution in [3.8, 4) is 11.4 Å². The fourth-order valence-electron chi connectivity index (χ4n) is 2.88. The number of hydrogen-bond donors (Lipinski definition) is 2. The molecule has 0 saturated carbocycles. The van der Waals surface area contributed by atoms with Crippen LogP contribution >= 0.6 is 24.0 Å². The number of halogens is 2. The molecule has 160 valence electrons. The minimum atomic E-state index is -0.256. The number of nitrogens with zero attached hydrogens (tertiary/aromatic N) is 3. The van der Waals surface area contributed by atoms with Gasteiger partial charge in [0.15, 0.2) is 5.96 Å². The summed E-state index contributed by atoms with van der Waals surface area (Å²) in [6.07, 6.45) is 2.62. The average Bonchev–Trinajstić information content (AvgIpc) is 3.21. The second kappa shape index (κ2) is 12.2. The molecule has 0 fully saturated rings. The lowest BCUT2D eigenvalue weighted by atomic mass is 10.2. The molecule has 2 aromatic carbocycles. The Morgan fingerprint density at radius 1 is 1.10 bits per heavy atom. The molecule has 0 bridgehead atoms. The van der Waals surface area contributed by atoms with Crippen LogP contribution in [0.5, 0.6) is 5.75 Å². The first-order valence-corrected chi connectivity index (χ1v) is 9.64. The number of methoxy groups -OCH3 is 1. The van der Waals surface area contributed by atoms with Gasteiger partial charge in [0, 0.05) is 31.3 Å². The fourth-order valence-corrected chi connectivity index (χ4v) is 2.88. The van der Waals surface area contributed by atoms with Crippen molar-refractivity contribution in [1.82, 2.24) is 20.4 Å². The van der Waals surface area contributed by atoms with Gasteiger partial charge in [-0.2, -0.15) is 5.10 Å². The van der Waals surface area contributed by atoms with Gasteiger partial charge in [0.2, 0.25) is 0 Å². The number of guanidine groups is 1. The first-order valence-electron chi connectivity index (χ1n) is 9.64. The molecule has 0 amide bonds. The maximum absolute atomic E-state index is 13.1. The SMILES string of the molecule is CCNC(=NCc1ccccc1OC)NCCc1ccn(-c2ccc(F)cc2)n1.I. The Hall–Kier alpha value is -2.62. The number of aliphatic imine (C=N–C) groups is 1. The molecule has 2 N–H and O–H groups in total. The molecule has 0 unspecified atom stereocenters. The number of nitrogens with one attached hydrogen (secondary N) is 2. The molecule has 0 aliphatic rings. The Labute approximate surface area is 193 Å². The summed E-state index contributed by atoms with van der Waals surface area (Å²) < 4.78 is 20.2. The Kier molecular flexibility index (Phi) is 9.59. The lowest BCUT2D eigenvalue weighted by molar-refractivity contribution is 0.410. The molecule has 0 radical (unpaired) electrons. The van der Waals surface area contributed by atoms with Gasteiger partial charge >= 0.3 is 0 Å². The summed E-state index contributed by atoms with van der Waals surface area (Å²) in [6.45, 7) is 4.03. The standard InChI is InChI=1S/C22H26FN5O.HI/c1-3-24-22(26-16-17-6-4-5-7-21(17)29-2)25-14-12-19-13-15-28(27-19)20-10-8-18(23)9-11-20;/h4-11,13,15H,3,12,14,16H2,1-2H3,(H2,24,25,26);1H. The normalized spacial score (nSPS) is 11.0. The molecule has 0 atom stereocenters. The van der Waals surface area contributed by atoms with E-state index >= 15 is 0 Å². The van der Waals surface area contributed by atoms with Crippen LogP contribution in [0.2, 0.25) is 0 Å². The van der Waals surface area contributed by atoms with Crippen LogP contribution in [0.4, 0.5) is 4.39 Å². The number of ether oxygens (including phenoxy) is 1. The van der Waals surface area contributed by atoms with Crippen molar-refractivity contribution < 1.29 is 9.13 Å². The first-order chi connectivity index (χ1) is 14.2. The third-order valence-electron chi connectivity index (χ3n) is 4.35. The molecule has 3 rings (SSSR count). The third kappa shape index (κ3) is 6.72. The summed E-state index contributed by atoms with van der Waals surface area (Å²) in [5.41, 5.74) is 2.81. The van der Waals surface area contributed by atoms with E-state index in [0.29, 0.717) is 13.1 Å². The van der Waals surface area contributed by atoms with Crippen molar-refractivity contribution in [2.24, 2.45) is 4.99 Å². The quantitative estimate of drug-likeness (QED) is 0.267. The van der Waals surface area contributed by atoms with Crippen LogP contribution in [0, 0.1) is 5.82 Å². The largest absolute Gasteiger partial charge is 0.496 e. The summed E-state index contributed by atoms with van der Waals surface area (Å²) in [7, 11) is 1.66. The predicted octanol–water partition coefficient (Wildman–Crippen LogP) is 3.94. The summed E-state index contributed by atoms with van der Waals surface area (Å²) in [4.78, 5) is 4.64. The van der Waals surface area contributed by atoms with E-state index in [2.05, 4.69) is 20.7 Å². The maximum Gasteiger partial charge on any atom is 0.191 e. The molecule has 1 heterocycles. The van der Waals surface area contributed by atoms with Gasteiger partial charge in [0.1, 0.15) is 11.6 Å². The topological polar surface area (TPSA) is 63.5 Å². The number of aromatic nitrogens is 2. The molecule has 1 aromatic heterocycles. The number of rotatable bonds is 8. The molecule has 30 heavy (non-hydrogen) atoms. The second-order valence-corrected chi connectivity index (χ2v) is 6.41. The summed E-state index contributed by atoms with van der Waals surface area (Å²) >= 11 is 0. The zero-order chi connectivity index (χ0) is 20.5. The fraction of sp³-hybridized carbons (Fsp3) is 0.273. The Morgan fingerprint density at radius 3 is 2.60 bits per heavy atom. The molecule has 0 aliphatic carbocycles. The average molecular weight is 523 g/mol. The van der Waals surface area contributed by atoms with E-state index in [1.54, 1.807) is 23.9 Å². The van der Waals surface area contributed by atoms with Crippen molar-refractivity contribution in [1.29, 1.82) is 0 Å². The molecule has 0 spiro atoms. The molecular formula is C22H27FIN5O. The zero-order valence-corrected chi connectivity index (χ0v) is 19.5. The maximum atomic E-state index is 13.1. The van der Waals surface area contributed by atoms with Gasteiger partial charge in [-0.05, 0) is 43.3 Å². The van der Waals surface area contributed by atoms with E-state index in [1.807, 2.05) is 43.5 Å². The van der Waals surface area contributed by atoms with Gasteiger partial charge in [-0.3, -0.25) is 0 Å². The number of hydrogen-bond acceptors (Lipinski definition) is 3. The molecule has 3 aromatic rings. The first kappa shape index (κ1) is 23.7. The molecule has 8 heteroatoms. The van der Waals surface area contributed by atoms with Crippen LogP contribution in [0.25, 0.3) is 5.69 Å². The number of benzene rings is 2. The number of para-hydroxylation sites is 1. The van der Waals surface area contributed by atoms with E-state index in [1.165, 1.54) is 12.1 Å². The van der Waals surface area contributed by atoms with E-state index < -0.39 is 0 Å². The van der Waals surface area contributed by atoms with E-state index in [9.17, 15) is 4.39 Å². The highest BCUT2D eigenvalue weighted by atomic mass is 127. The van der Waals surface area contributed by atoms with Gasteiger partial charge < -0.3 is 15.4 Å². The van der Waals surface area contributed by atoms with Crippen LogP contribution in [-0.4, -0.2) is 35.9 Å². The van der Waals surface area contributed by atoms with Gasteiger partial charge in [0.25, 0.3) is 0 Å². The zero-order valence-electron chi connectivity index (χ0n) is 17.1. The predicted molar refractivity (Wildman–Crippen MR) is 128 cm³/mol. The summed E-state index contributed by atoms with van der Waals surface area (Å²) in [6, 6.07) is 16.1. The van der Waals surface area contributed by atoms with Gasteiger partial charge in [-0.25, -0.2) is 14.1 Å². The van der Waals surface area contributed by atoms with E-state index in [0.717, 1.165) is 41.6 Å². The summed E-state index contributed by atoms with van der Waals surface area (Å²) in [5.74, 6) is 1.32. The Bertz CT molecular complexity index is 943. The van der Waals surface area contributed by atoms with Crippen molar-refractivity contribution in [2.45, 2.75) is 19.9 Å². The second-order valence-electron chi connectivity index (χ2n) is 6.41. The van der Waals surface area contributed by atoms with E-state index in [-0.39, 0.29) is 29.8 Å². The van der Waals surface area contributed by atoms with Crippen LogP contribution in [0.15, 0.2) is 65.8 Å². The van der Waals surface area contributed by atoms with Crippen LogP contribution in [0.1, 0.15) is 18.2 Å². The van der Waals surface area contributed by atoms with Gasteiger partial charge in [-0.15, -0.1) is 24.0 Å². The van der Waals surface area contributed by atoms with Crippen molar-refractivity contribution in [3.63, 3.8) is 0 Å². The molecule has 0 saturated heterocycles. The molecular weight excluding hydrogens is 496 g/mol. The Morgan fingerprint density at radius 2 is 1.87 bits per heavy atom. The van der Waals surface area contributed by atoms with Crippen molar-refractivity contribution in [2.75, 3.05) is 20.2 Å². The minimum absolute atomic E-state index is 0. The highest BCUT2D eigenvalue weighted by Crippen LogP contribution is 2.17. The monoisotopic (exact) mass is 523 g/mol. The van der Waals surface area contributed by atoms with Gasteiger partial charge in [0.05, 0.1) is 25.0 Å². The van der Waals surface area contributed by atoms with Crippen LogP contribution in [0.3, 0.4) is 0 Å². The van der Waals surface area contributed by atoms with Crippen LogP contribution in [-0.2, 0) is 13.0 Å². The smallest absolute Gasteiger partial charge is 0.191 e. The van der Waals surface area contributed by atoms with Crippen molar-refractivity contribution >= 4 is 29.9 Å². The molecule has 0 aliphatic heterocycles. The van der Waals surface area contributed by atoms with Crippen molar-refractivity contribution in [3.05, 3.63) is 77.9 Å². The highest BCUT2D eigenvalue weighted by Gasteiger charge is 2.04. The third-order valence-corrected chi connectivity index (χ3v) is 4.35. The lowest BCUT2D eigenvalue weighted by Gasteiger charge is -2.11. The van der Waals surface area contributed by atoms with Crippen LogP contribution < -0.4 is 15.4 Å². The minimum Gasteiger partial charge on any atom is -0.496 e. The van der Waals surface area contributed by atoms with E-state index in [4.69, 9.17) is 4.74 Å². The summed E-state index contributed by atoms with van der Waals surface area (Å²) in [5, 5.41) is 11.1. The highest BCUT2D eigenvalue weighted by molar-refractivity contribution is 14.0. The molecule has 6 nitrogen and oxygen atoms in total. The van der Waals surface area contributed by atoms with Gasteiger partial charge in [-0.1, -0.05) is 18.2 Å². The Balaban J connectivity index is 0.00000320. The lowest BCUT2D eigenvalue weighted by Crippen LogP contribution is -2.38.